The van der Waals surface area contributed by atoms with Gasteiger partial charge in [0.05, 0.1) is 0 Å². The molecule has 11 heteroatoms. The molecule has 0 saturated heterocycles. The van der Waals surface area contributed by atoms with E-state index >= 15 is 0 Å². The van der Waals surface area contributed by atoms with Crippen LogP contribution < -0.4 is 0 Å². The Balaban J connectivity index is -0.000000605. The van der Waals surface area contributed by atoms with Gasteiger partial charge in [-0.2, -0.15) is 0 Å². The van der Waals surface area contributed by atoms with E-state index in [9.17, 15) is 4.79 Å². The van der Waals surface area contributed by atoms with Gasteiger partial charge in [0.2, 0.25) is 0 Å². The predicted molar refractivity (Wildman–Crippen MR) is 62.6 cm³/mol. The molecular weight excluding hydrogens is 368 g/mol. The molecule has 0 bridgehead atoms. The van der Waals surface area contributed by atoms with Gasteiger partial charge in [-0.3, -0.25) is 0 Å². The number of halogens is 8. The predicted octanol–water partition coefficient (Wildman–Crippen LogP) is 4.64. The van der Waals surface area contributed by atoms with Crippen LogP contribution in [0.3, 0.4) is 0 Å². The van der Waals surface area contributed by atoms with E-state index in [1.807, 2.05) is 0 Å². The maximum absolute atomic E-state index is 10.5. The smallest absolute Gasteiger partial charge is 0.382 e. The molecule has 88 valence electrons. The first kappa shape index (κ1) is 20.9. The second-order valence-corrected chi connectivity index (χ2v) is 5.70. The Morgan fingerprint density at radius 1 is 0.786 bits per heavy atom. The molecule has 0 spiro atoms. The van der Waals surface area contributed by atoms with Gasteiger partial charge in [-0.15, -0.1) is 24.8 Å². The molecule has 0 radical (unpaired) electrons. The fourth-order valence-corrected chi connectivity index (χ4v) is 0.588. The van der Waals surface area contributed by atoms with Crippen molar-refractivity contribution in [2.24, 2.45) is 0 Å². The molecule has 0 amide bonds. The summed E-state index contributed by atoms with van der Waals surface area (Å²) < 4.78 is 3.50. The van der Waals surface area contributed by atoms with E-state index in [1.54, 1.807) is 0 Å². The first-order valence-corrected chi connectivity index (χ1v) is 4.42. The molecule has 0 saturated carbocycles. The lowest BCUT2D eigenvalue weighted by Gasteiger charge is -2.15. The standard InChI is InChI=1S/C3Cl6O3.2ClH/c4-2(5,6)11-1(10)12-3(7,8)9;;/h;2*1H. The Labute approximate surface area is 122 Å². The van der Waals surface area contributed by atoms with Crippen molar-refractivity contribution in [1.82, 2.24) is 0 Å². The van der Waals surface area contributed by atoms with Gasteiger partial charge in [-0.1, -0.05) is 0 Å². The third-order valence-electron chi connectivity index (χ3n) is 0.398. The van der Waals surface area contributed by atoms with Crippen molar-refractivity contribution in [1.29, 1.82) is 0 Å². The normalized spacial score (nSPS) is 10.7. The summed E-state index contributed by atoms with van der Waals surface area (Å²) in [5.74, 6) is 0. The molecule has 0 aliphatic rings. The summed E-state index contributed by atoms with van der Waals surface area (Å²) in [5.41, 5.74) is 0. The van der Waals surface area contributed by atoms with E-state index in [4.69, 9.17) is 69.6 Å². The molecule has 3 nitrogen and oxygen atoms in total. The van der Waals surface area contributed by atoms with Crippen LogP contribution in [0.5, 0.6) is 0 Å². The zero-order valence-corrected chi connectivity index (χ0v) is 12.0. The topological polar surface area (TPSA) is 35.5 Å². The van der Waals surface area contributed by atoms with Crippen LogP contribution in [-0.2, 0) is 9.47 Å². The van der Waals surface area contributed by atoms with E-state index in [-0.39, 0.29) is 24.8 Å². The largest absolute Gasteiger partial charge is 0.515 e. The van der Waals surface area contributed by atoms with Gasteiger partial charge >= 0.3 is 14.1 Å². The zero-order chi connectivity index (χ0) is 9.99. The molecule has 0 aromatic carbocycles. The molecule has 0 aliphatic carbocycles. The Morgan fingerprint density at radius 3 is 1.14 bits per heavy atom. The Kier molecular flexibility index (Phi) is 11.7. The first-order valence-electron chi connectivity index (χ1n) is 2.15. The quantitative estimate of drug-likeness (QED) is 0.461. The molecule has 14 heavy (non-hydrogen) atoms. The fourth-order valence-electron chi connectivity index (χ4n) is 0.210. The summed E-state index contributed by atoms with van der Waals surface area (Å²) in [7, 11) is 0. The van der Waals surface area contributed by atoms with Gasteiger partial charge in [0.1, 0.15) is 0 Å². The molecule has 0 aromatic rings. The molecule has 0 N–H and O–H groups in total. The Morgan fingerprint density at radius 2 is 1.00 bits per heavy atom. The van der Waals surface area contributed by atoms with Crippen LogP contribution in [0.25, 0.3) is 0 Å². The summed E-state index contributed by atoms with van der Waals surface area (Å²) in [6, 6.07) is 0. The van der Waals surface area contributed by atoms with E-state index in [2.05, 4.69) is 9.47 Å². The fraction of sp³-hybridized carbons (Fsp3) is 0.667. The molecule has 0 heterocycles. The minimum Gasteiger partial charge on any atom is -0.382 e. The number of ether oxygens (including phenoxy) is 2. The van der Waals surface area contributed by atoms with Crippen molar-refractivity contribution in [3.05, 3.63) is 0 Å². The Bertz CT molecular complexity index is 152. The minimum atomic E-state index is -2.24. The molecule has 0 fully saturated rings. The van der Waals surface area contributed by atoms with Gasteiger partial charge in [-0.05, 0) is 69.6 Å². The number of hydrogen-bond donors (Lipinski definition) is 0. The van der Waals surface area contributed by atoms with Crippen LogP contribution in [0.4, 0.5) is 4.79 Å². The van der Waals surface area contributed by atoms with Crippen molar-refractivity contribution < 1.29 is 14.3 Å². The van der Waals surface area contributed by atoms with Crippen LogP contribution in [-0.4, -0.2) is 14.1 Å². The number of rotatable bonds is 0. The van der Waals surface area contributed by atoms with Gasteiger partial charge < -0.3 is 9.47 Å². The molecule has 0 atom stereocenters. The molecule has 0 unspecified atom stereocenters. The van der Waals surface area contributed by atoms with Gasteiger partial charge in [0.15, 0.2) is 0 Å². The van der Waals surface area contributed by atoms with Crippen molar-refractivity contribution in [2.75, 3.05) is 0 Å². The number of carbonyl (C=O) groups excluding carboxylic acids is 1. The highest BCUT2D eigenvalue weighted by Gasteiger charge is 2.32. The zero-order valence-electron chi connectivity index (χ0n) is 5.81. The SMILES string of the molecule is Cl.Cl.O=C(OC(Cl)(Cl)Cl)OC(Cl)(Cl)Cl. The second-order valence-electron chi connectivity index (χ2n) is 1.35. The lowest BCUT2D eigenvalue weighted by Crippen LogP contribution is -2.22. The van der Waals surface area contributed by atoms with Gasteiger partial charge in [0.25, 0.3) is 0 Å². The van der Waals surface area contributed by atoms with Crippen molar-refractivity contribution >= 4 is 101 Å². The summed E-state index contributed by atoms with van der Waals surface area (Å²) in [6.45, 7) is 0. The van der Waals surface area contributed by atoms with E-state index in [0.29, 0.717) is 0 Å². The molecule has 0 aliphatic heterocycles. The molecule has 0 aromatic heterocycles. The number of hydrogen-bond acceptors (Lipinski definition) is 3. The number of alkyl halides is 6. The first-order chi connectivity index (χ1) is 5.10. The van der Waals surface area contributed by atoms with Crippen molar-refractivity contribution in [2.45, 2.75) is 7.96 Å². The Hall–Kier alpha value is 1.59. The second kappa shape index (κ2) is 7.80. The summed E-state index contributed by atoms with van der Waals surface area (Å²) in [4.78, 5) is 10.5. The van der Waals surface area contributed by atoms with Crippen LogP contribution in [0.15, 0.2) is 0 Å². The third-order valence-corrected chi connectivity index (χ3v) is 0.861. The van der Waals surface area contributed by atoms with Gasteiger partial charge in [0, 0.05) is 0 Å². The summed E-state index contributed by atoms with van der Waals surface area (Å²) in [6.07, 6.45) is -1.41. The van der Waals surface area contributed by atoms with Crippen LogP contribution in [0, 0.1) is 0 Å². The minimum absolute atomic E-state index is 0. The average molecular weight is 370 g/mol. The van der Waals surface area contributed by atoms with Crippen LogP contribution >= 0.6 is 94.4 Å². The van der Waals surface area contributed by atoms with E-state index in [1.165, 1.54) is 0 Å². The van der Waals surface area contributed by atoms with Gasteiger partial charge in [-0.25, -0.2) is 4.79 Å². The highest BCUT2D eigenvalue weighted by Crippen LogP contribution is 2.32. The van der Waals surface area contributed by atoms with E-state index in [0.717, 1.165) is 0 Å². The monoisotopic (exact) mass is 366 g/mol. The maximum atomic E-state index is 10.5. The molecule has 0 rings (SSSR count). The number of carbonyl (C=O) groups is 1. The lowest BCUT2D eigenvalue weighted by molar-refractivity contribution is 0.0508. The molecular formula is C3H2Cl8O3. The van der Waals surface area contributed by atoms with E-state index < -0.39 is 14.1 Å². The summed E-state index contributed by atoms with van der Waals surface area (Å²) >= 11 is 30.2. The lowest BCUT2D eigenvalue weighted by atomic mass is 11.3. The average Bonchev–Trinajstić information content (AvgIpc) is 1.49. The third kappa shape index (κ3) is 16.0. The van der Waals surface area contributed by atoms with Crippen LogP contribution in [0.2, 0.25) is 0 Å². The highest BCUT2D eigenvalue weighted by atomic mass is 35.6. The van der Waals surface area contributed by atoms with Crippen LogP contribution in [0.1, 0.15) is 0 Å². The summed E-state index contributed by atoms with van der Waals surface area (Å²) in [5, 5.41) is 0. The maximum Gasteiger partial charge on any atom is 0.515 e. The highest BCUT2D eigenvalue weighted by molar-refractivity contribution is 6.67. The van der Waals surface area contributed by atoms with Crippen molar-refractivity contribution in [3.63, 3.8) is 0 Å². The van der Waals surface area contributed by atoms with Crippen molar-refractivity contribution in [3.8, 4) is 0 Å².